The lowest BCUT2D eigenvalue weighted by molar-refractivity contribution is -0.115. The molecule has 1 fully saturated rings. The molecule has 3 heteroatoms. The third-order valence-electron chi connectivity index (χ3n) is 1.90. The molecule has 0 heterocycles. The number of halogens is 2. The molecule has 1 saturated carbocycles. The highest BCUT2D eigenvalue weighted by atomic mass is 19.3. The van der Waals surface area contributed by atoms with Gasteiger partial charge in [-0.1, -0.05) is 13.8 Å². The van der Waals surface area contributed by atoms with Gasteiger partial charge in [-0.15, -0.1) is 0 Å². The summed E-state index contributed by atoms with van der Waals surface area (Å²) < 4.78 is 29.1. The molecule has 0 aromatic carbocycles. The lowest BCUT2D eigenvalue weighted by Gasteiger charge is -2.34. The summed E-state index contributed by atoms with van der Waals surface area (Å²) in [7, 11) is 1.59. The van der Waals surface area contributed by atoms with Crippen molar-refractivity contribution in [2.45, 2.75) is 39.0 Å². The monoisotopic (exact) mass is 180 g/mol. The predicted molar refractivity (Wildman–Crippen MR) is 45.5 cm³/mol. The molecule has 0 atom stereocenters. The molecule has 1 rings (SSSR count). The standard InChI is InChI=1S/C7H12F2O.C2H6/c1-10-3-2-6-4-7(8,9)5-6;1-2/h6H,2-5H2,1H3;1-2H3. The van der Waals surface area contributed by atoms with Crippen LogP contribution in [0.3, 0.4) is 0 Å². The summed E-state index contributed by atoms with van der Waals surface area (Å²) in [5, 5.41) is 0. The molecule has 0 aromatic rings. The Labute approximate surface area is 73.1 Å². The van der Waals surface area contributed by atoms with Crippen molar-refractivity contribution >= 4 is 0 Å². The minimum absolute atomic E-state index is 0.0658. The third kappa shape index (κ3) is 4.00. The Bertz CT molecular complexity index is 107. The third-order valence-corrected chi connectivity index (χ3v) is 1.90. The molecule has 0 unspecified atom stereocenters. The average molecular weight is 180 g/mol. The van der Waals surface area contributed by atoms with Gasteiger partial charge in [-0.25, -0.2) is 8.78 Å². The molecule has 0 N–H and O–H groups in total. The van der Waals surface area contributed by atoms with Crippen LogP contribution in [0.15, 0.2) is 0 Å². The highest BCUT2D eigenvalue weighted by Crippen LogP contribution is 2.43. The Morgan fingerprint density at radius 3 is 2.17 bits per heavy atom. The molecule has 0 saturated heterocycles. The van der Waals surface area contributed by atoms with Gasteiger partial charge < -0.3 is 4.74 Å². The van der Waals surface area contributed by atoms with E-state index in [9.17, 15) is 8.78 Å². The summed E-state index contributed by atoms with van der Waals surface area (Å²) in [5.74, 6) is -2.16. The van der Waals surface area contributed by atoms with Crippen molar-refractivity contribution in [3.05, 3.63) is 0 Å². The molecule has 0 spiro atoms. The van der Waals surface area contributed by atoms with E-state index in [1.54, 1.807) is 7.11 Å². The van der Waals surface area contributed by atoms with Gasteiger partial charge in [0.1, 0.15) is 0 Å². The van der Waals surface area contributed by atoms with Gasteiger partial charge in [0.15, 0.2) is 0 Å². The Hall–Kier alpha value is -0.180. The Balaban J connectivity index is 0.000000561. The number of methoxy groups -OCH3 is 1. The minimum Gasteiger partial charge on any atom is -0.385 e. The maximum Gasteiger partial charge on any atom is 0.248 e. The molecule has 1 nitrogen and oxygen atoms in total. The lowest BCUT2D eigenvalue weighted by Crippen LogP contribution is -2.35. The topological polar surface area (TPSA) is 9.23 Å². The van der Waals surface area contributed by atoms with E-state index in [0.717, 1.165) is 6.42 Å². The lowest BCUT2D eigenvalue weighted by atomic mass is 9.79. The molecule has 12 heavy (non-hydrogen) atoms. The fourth-order valence-electron chi connectivity index (χ4n) is 1.27. The summed E-state index contributed by atoms with van der Waals surface area (Å²) in [4.78, 5) is 0. The first-order valence-corrected chi connectivity index (χ1v) is 4.51. The van der Waals surface area contributed by atoms with Crippen molar-refractivity contribution in [3.63, 3.8) is 0 Å². The van der Waals surface area contributed by atoms with Gasteiger partial charge in [-0.2, -0.15) is 0 Å². The second-order valence-corrected chi connectivity index (χ2v) is 2.91. The van der Waals surface area contributed by atoms with E-state index in [4.69, 9.17) is 4.74 Å². The summed E-state index contributed by atoms with van der Waals surface area (Å²) in [6.45, 7) is 4.61. The van der Waals surface area contributed by atoms with Crippen molar-refractivity contribution in [2.24, 2.45) is 5.92 Å². The van der Waals surface area contributed by atoms with Crippen LogP contribution in [0.5, 0.6) is 0 Å². The largest absolute Gasteiger partial charge is 0.385 e. The van der Waals surface area contributed by atoms with Crippen LogP contribution in [0.4, 0.5) is 8.78 Å². The van der Waals surface area contributed by atoms with E-state index in [1.807, 2.05) is 13.8 Å². The molecule has 0 aromatic heterocycles. The number of alkyl halides is 2. The Morgan fingerprint density at radius 1 is 1.33 bits per heavy atom. The van der Waals surface area contributed by atoms with E-state index in [2.05, 4.69) is 0 Å². The second-order valence-electron chi connectivity index (χ2n) is 2.91. The molecule has 0 aliphatic heterocycles. The fraction of sp³-hybridized carbons (Fsp3) is 1.00. The molecule has 1 aliphatic carbocycles. The summed E-state index contributed by atoms with van der Waals surface area (Å²) in [6.07, 6.45) is 0.915. The van der Waals surface area contributed by atoms with E-state index >= 15 is 0 Å². The quantitative estimate of drug-likeness (QED) is 0.648. The van der Waals surface area contributed by atoms with Gasteiger partial charge in [-0.05, 0) is 12.3 Å². The van der Waals surface area contributed by atoms with E-state index in [0.29, 0.717) is 6.61 Å². The van der Waals surface area contributed by atoms with Crippen LogP contribution in [0, 0.1) is 5.92 Å². The number of rotatable bonds is 3. The zero-order valence-corrected chi connectivity index (χ0v) is 8.07. The van der Waals surface area contributed by atoms with Crippen molar-refractivity contribution in [1.82, 2.24) is 0 Å². The van der Waals surface area contributed by atoms with Gasteiger partial charge in [0.25, 0.3) is 0 Å². The minimum atomic E-state index is -2.36. The molecule has 0 amide bonds. The number of hydrogen-bond donors (Lipinski definition) is 0. The average Bonchev–Trinajstić information content (AvgIpc) is 2.01. The summed E-state index contributed by atoms with van der Waals surface area (Å²) >= 11 is 0. The van der Waals surface area contributed by atoms with Crippen molar-refractivity contribution in [1.29, 1.82) is 0 Å². The molecular weight excluding hydrogens is 162 g/mol. The van der Waals surface area contributed by atoms with Crippen LogP contribution < -0.4 is 0 Å². The highest BCUT2D eigenvalue weighted by Gasteiger charge is 2.44. The number of hydrogen-bond acceptors (Lipinski definition) is 1. The van der Waals surface area contributed by atoms with Gasteiger partial charge in [0.05, 0.1) is 0 Å². The first kappa shape index (κ1) is 11.8. The maximum absolute atomic E-state index is 12.2. The normalized spacial score (nSPS) is 20.8. The molecule has 0 bridgehead atoms. The van der Waals surface area contributed by atoms with Crippen molar-refractivity contribution in [3.8, 4) is 0 Å². The first-order valence-electron chi connectivity index (χ1n) is 4.51. The fourth-order valence-corrected chi connectivity index (χ4v) is 1.27. The van der Waals surface area contributed by atoms with Gasteiger partial charge in [0.2, 0.25) is 5.92 Å². The van der Waals surface area contributed by atoms with Crippen LogP contribution in [-0.4, -0.2) is 19.6 Å². The maximum atomic E-state index is 12.2. The van der Waals surface area contributed by atoms with E-state index in [1.165, 1.54) is 0 Å². The van der Waals surface area contributed by atoms with Crippen molar-refractivity contribution in [2.75, 3.05) is 13.7 Å². The van der Waals surface area contributed by atoms with Crippen LogP contribution >= 0.6 is 0 Å². The van der Waals surface area contributed by atoms with Crippen LogP contribution in [-0.2, 0) is 4.74 Å². The molecular formula is C9H18F2O. The predicted octanol–water partition coefficient (Wildman–Crippen LogP) is 3.09. The smallest absolute Gasteiger partial charge is 0.248 e. The van der Waals surface area contributed by atoms with Crippen molar-refractivity contribution < 1.29 is 13.5 Å². The summed E-state index contributed by atoms with van der Waals surface area (Å²) in [6, 6.07) is 0. The SMILES string of the molecule is CC.COCCC1CC(F)(F)C1. The zero-order valence-electron chi connectivity index (χ0n) is 8.07. The van der Waals surface area contributed by atoms with E-state index in [-0.39, 0.29) is 18.8 Å². The second kappa shape index (κ2) is 5.46. The summed E-state index contributed by atoms with van der Waals surface area (Å²) in [5.41, 5.74) is 0. The van der Waals surface area contributed by atoms with Gasteiger partial charge in [-0.3, -0.25) is 0 Å². The first-order chi connectivity index (χ1) is 5.64. The number of ether oxygens (including phenoxy) is 1. The van der Waals surface area contributed by atoms with Crippen LogP contribution in [0.1, 0.15) is 33.1 Å². The molecule has 0 radical (unpaired) electrons. The molecule has 1 aliphatic rings. The van der Waals surface area contributed by atoms with Gasteiger partial charge >= 0.3 is 0 Å². The highest BCUT2D eigenvalue weighted by molar-refractivity contribution is 4.85. The Morgan fingerprint density at radius 2 is 1.83 bits per heavy atom. The molecule has 74 valence electrons. The van der Waals surface area contributed by atoms with Crippen LogP contribution in [0.2, 0.25) is 0 Å². The van der Waals surface area contributed by atoms with E-state index < -0.39 is 5.92 Å². The Kier molecular flexibility index (Phi) is 5.38. The zero-order chi connectivity index (χ0) is 9.61. The van der Waals surface area contributed by atoms with Crippen LogP contribution in [0.25, 0.3) is 0 Å². The van der Waals surface area contributed by atoms with Gasteiger partial charge in [0, 0.05) is 26.6 Å².